The van der Waals surface area contributed by atoms with Crippen LogP contribution >= 0.6 is 0 Å². The topological polar surface area (TPSA) is 3.24 Å². The zero-order valence-corrected chi connectivity index (χ0v) is 17.3. The molecule has 4 rings (SSSR count). The molecule has 0 aliphatic heterocycles. The summed E-state index contributed by atoms with van der Waals surface area (Å²) in [5, 5.41) is 0. The molecule has 0 saturated carbocycles. The molecular weight excluding hydrogens is 362 g/mol. The van der Waals surface area contributed by atoms with Crippen LogP contribution in [0.1, 0.15) is 27.8 Å². The number of benzene rings is 4. The lowest BCUT2D eigenvalue weighted by Crippen LogP contribution is -2.23. The summed E-state index contributed by atoms with van der Waals surface area (Å²) in [6.45, 7) is 3.79. The lowest BCUT2D eigenvalue weighted by atomic mass is 10.1. The van der Waals surface area contributed by atoms with E-state index in [0.717, 1.165) is 29.9 Å². The second-order valence-corrected chi connectivity index (χ2v) is 7.46. The lowest BCUT2D eigenvalue weighted by Gasteiger charge is -2.27. The van der Waals surface area contributed by atoms with Gasteiger partial charge in [-0.25, -0.2) is 0 Å². The highest BCUT2D eigenvalue weighted by Crippen LogP contribution is 2.25. The van der Waals surface area contributed by atoms with Gasteiger partial charge < -0.3 is 4.90 Å². The standard InChI is InChI=1S/C29H25N/c1-24-17-20-29(28(21-24)19-18-25-11-5-2-6-12-25)30(22-26-13-7-3-8-14-26)23-27-15-9-4-10-16-27/h2-17,20-21H,22-23H2,1H3. The summed E-state index contributed by atoms with van der Waals surface area (Å²) in [5.41, 5.74) is 7.05. The van der Waals surface area contributed by atoms with Crippen LogP contribution in [0.2, 0.25) is 0 Å². The van der Waals surface area contributed by atoms with Crippen LogP contribution in [0, 0.1) is 18.8 Å². The van der Waals surface area contributed by atoms with E-state index in [1.807, 2.05) is 30.3 Å². The van der Waals surface area contributed by atoms with Crippen molar-refractivity contribution < 1.29 is 0 Å². The molecule has 0 aromatic heterocycles. The second kappa shape index (κ2) is 9.63. The minimum Gasteiger partial charge on any atom is -0.362 e. The Kier molecular flexibility index (Phi) is 6.28. The molecule has 1 nitrogen and oxygen atoms in total. The quantitative estimate of drug-likeness (QED) is 0.349. The van der Waals surface area contributed by atoms with E-state index in [1.54, 1.807) is 0 Å². The Morgan fingerprint density at radius 3 is 1.70 bits per heavy atom. The van der Waals surface area contributed by atoms with Gasteiger partial charge in [-0.15, -0.1) is 0 Å². The lowest BCUT2D eigenvalue weighted by molar-refractivity contribution is 0.798. The largest absolute Gasteiger partial charge is 0.362 e. The highest BCUT2D eigenvalue weighted by Gasteiger charge is 2.12. The Hall–Kier alpha value is -3.76. The Labute approximate surface area is 179 Å². The van der Waals surface area contributed by atoms with Gasteiger partial charge in [-0.1, -0.05) is 96.8 Å². The molecule has 1 heteroatoms. The van der Waals surface area contributed by atoms with Crippen molar-refractivity contribution in [2.24, 2.45) is 0 Å². The van der Waals surface area contributed by atoms with E-state index < -0.39 is 0 Å². The predicted octanol–water partition coefficient (Wildman–Crippen LogP) is 6.60. The van der Waals surface area contributed by atoms with Crippen LogP contribution in [0.4, 0.5) is 5.69 Å². The van der Waals surface area contributed by atoms with Gasteiger partial charge in [-0.05, 0) is 47.9 Å². The normalized spacial score (nSPS) is 10.2. The van der Waals surface area contributed by atoms with E-state index in [0.29, 0.717) is 0 Å². The van der Waals surface area contributed by atoms with Crippen molar-refractivity contribution >= 4 is 5.69 Å². The monoisotopic (exact) mass is 387 g/mol. The van der Waals surface area contributed by atoms with E-state index in [1.165, 1.54) is 16.7 Å². The van der Waals surface area contributed by atoms with E-state index in [2.05, 4.69) is 103 Å². The molecule has 0 N–H and O–H groups in total. The van der Waals surface area contributed by atoms with Gasteiger partial charge in [-0.2, -0.15) is 0 Å². The summed E-state index contributed by atoms with van der Waals surface area (Å²) in [4.78, 5) is 2.42. The first-order chi connectivity index (χ1) is 14.8. The second-order valence-electron chi connectivity index (χ2n) is 7.46. The summed E-state index contributed by atoms with van der Waals surface area (Å²) in [6.07, 6.45) is 0. The molecule has 0 saturated heterocycles. The Morgan fingerprint density at radius 2 is 1.13 bits per heavy atom. The van der Waals surface area contributed by atoms with E-state index in [9.17, 15) is 0 Å². The van der Waals surface area contributed by atoms with Crippen LogP contribution in [0.25, 0.3) is 0 Å². The SMILES string of the molecule is Cc1ccc(N(Cc2ccccc2)Cc2ccccc2)c(C#Cc2ccccc2)c1. The van der Waals surface area contributed by atoms with Crippen molar-refractivity contribution in [3.63, 3.8) is 0 Å². The molecule has 0 unspecified atom stereocenters. The van der Waals surface area contributed by atoms with Crippen molar-refractivity contribution in [3.05, 3.63) is 137 Å². The maximum absolute atomic E-state index is 3.43. The third kappa shape index (κ3) is 5.19. The maximum Gasteiger partial charge on any atom is 0.0531 e. The fraction of sp³-hybridized carbons (Fsp3) is 0.103. The molecule has 0 fully saturated rings. The van der Waals surface area contributed by atoms with Crippen molar-refractivity contribution in [1.82, 2.24) is 0 Å². The summed E-state index contributed by atoms with van der Waals surface area (Å²) in [5.74, 6) is 6.77. The molecular formula is C29H25N. The smallest absolute Gasteiger partial charge is 0.0531 e. The zero-order valence-electron chi connectivity index (χ0n) is 17.3. The Bertz CT molecular complexity index is 1100. The van der Waals surface area contributed by atoms with Crippen molar-refractivity contribution in [3.8, 4) is 11.8 Å². The highest BCUT2D eigenvalue weighted by atomic mass is 15.1. The third-order valence-corrected chi connectivity index (χ3v) is 5.04. The van der Waals surface area contributed by atoms with Gasteiger partial charge >= 0.3 is 0 Å². The maximum atomic E-state index is 3.43. The zero-order chi connectivity index (χ0) is 20.6. The van der Waals surface area contributed by atoms with Gasteiger partial charge in [0.15, 0.2) is 0 Å². The van der Waals surface area contributed by atoms with Crippen LogP contribution in [0.5, 0.6) is 0 Å². The molecule has 0 bridgehead atoms. The molecule has 0 amide bonds. The molecule has 30 heavy (non-hydrogen) atoms. The molecule has 4 aromatic rings. The minimum atomic E-state index is 0.832. The number of anilines is 1. The molecule has 4 aromatic carbocycles. The first-order valence-electron chi connectivity index (χ1n) is 10.3. The van der Waals surface area contributed by atoms with Crippen LogP contribution in [0.15, 0.2) is 109 Å². The van der Waals surface area contributed by atoms with Gasteiger partial charge in [0.1, 0.15) is 0 Å². The molecule has 0 aliphatic rings. The fourth-order valence-corrected chi connectivity index (χ4v) is 3.52. The summed E-state index contributed by atoms with van der Waals surface area (Å²) >= 11 is 0. The van der Waals surface area contributed by atoms with Crippen LogP contribution in [0.3, 0.4) is 0 Å². The number of hydrogen-bond donors (Lipinski definition) is 0. The highest BCUT2D eigenvalue weighted by molar-refractivity contribution is 5.63. The van der Waals surface area contributed by atoms with Gasteiger partial charge in [0.25, 0.3) is 0 Å². The van der Waals surface area contributed by atoms with Gasteiger partial charge in [0, 0.05) is 24.2 Å². The average molecular weight is 388 g/mol. The van der Waals surface area contributed by atoms with E-state index in [4.69, 9.17) is 0 Å². The molecule has 0 spiro atoms. The van der Waals surface area contributed by atoms with Crippen molar-refractivity contribution in [1.29, 1.82) is 0 Å². The van der Waals surface area contributed by atoms with Gasteiger partial charge in [0.05, 0.1) is 5.69 Å². The summed E-state index contributed by atoms with van der Waals surface area (Å²) in [7, 11) is 0. The summed E-state index contributed by atoms with van der Waals surface area (Å²) in [6, 6.07) is 38.0. The average Bonchev–Trinajstić information content (AvgIpc) is 2.79. The van der Waals surface area contributed by atoms with Gasteiger partial charge in [-0.3, -0.25) is 0 Å². The number of rotatable bonds is 5. The Morgan fingerprint density at radius 1 is 0.600 bits per heavy atom. The number of hydrogen-bond acceptors (Lipinski definition) is 1. The molecule has 0 heterocycles. The van der Waals surface area contributed by atoms with E-state index >= 15 is 0 Å². The van der Waals surface area contributed by atoms with E-state index in [-0.39, 0.29) is 0 Å². The van der Waals surface area contributed by atoms with Crippen molar-refractivity contribution in [2.45, 2.75) is 20.0 Å². The third-order valence-electron chi connectivity index (χ3n) is 5.04. The first-order valence-corrected chi connectivity index (χ1v) is 10.3. The first kappa shape index (κ1) is 19.6. The molecule has 0 radical (unpaired) electrons. The van der Waals surface area contributed by atoms with Crippen LogP contribution in [-0.2, 0) is 13.1 Å². The summed E-state index contributed by atoms with van der Waals surface area (Å²) < 4.78 is 0. The number of nitrogens with zero attached hydrogens (tertiary/aromatic N) is 1. The Balaban J connectivity index is 1.73. The molecule has 146 valence electrons. The fourth-order valence-electron chi connectivity index (χ4n) is 3.52. The number of aryl methyl sites for hydroxylation is 1. The predicted molar refractivity (Wildman–Crippen MR) is 126 cm³/mol. The minimum absolute atomic E-state index is 0.832. The molecule has 0 aliphatic carbocycles. The van der Waals surface area contributed by atoms with Crippen molar-refractivity contribution in [2.75, 3.05) is 4.90 Å². The molecule has 0 atom stereocenters. The van der Waals surface area contributed by atoms with Crippen LogP contribution in [-0.4, -0.2) is 0 Å². The van der Waals surface area contributed by atoms with Crippen LogP contribution < -0.4 is 4.90 Å². The van der Waals surface area contributed by atoms with Gasteiger partial charge in [0.2, 0.25) is 0 Å².